The van der Waals surface area contributed by atoms with Gasteiger partial charge in [-0.3, -0.25) is 9.69 Å². The summed E-state index contributed by atoms with van der Waals surface area (Å²) in [6, 6.07) is 0. The molecule has 1 aromatic rings. The van der Waals surface area contributed by atoms with Gasteiger partial charge in [0.05, 0.1) is 23.7 Å². The molecule has 0 radical (unpaired) electrons. The van der Waals surface area contributed by atoms with E-state index in [-0.39, 0.29) is 11.8 Å². The van der Waals surface area contributed by atoms with Crippen molar-refractivity contribution in [3.63, 3.8) is 0 Å². The van der Waals surface area contributed by atoms with Gasteiger partial charge in [0.1, 0.15) is 0 Å². The lowest BCUT2D eigenvalue weighted by Crippen LogP contribution is -2.46. The first-order chi connectivity index (χ1) is 10.1. The molecular formula is C15H16N4OS. The fraction of sp³-hybridized carbons (Fsp3) is 0.333. The summed E-state index contributed by atoms with van der Waals surface area (Å²) in [5.41, 5.74) is 1.74. The highest BCUT2D eigenvalue weighted by atomic mass is 32.1. The van der Waals surface area contributed by atoms with Crippen LogP contribution in [0.3, 0.4) is 0 Å². The van der Waals surface area contributed by atoms with Crippen molar-refractivity contribution in [2.75, 3.05) is 6.54 Å². The number of aromatic nitrogens is 2. The van der Waals surface area contributed by atoms with Gasteiger partial charge in [-0.1, -0.05) is 18.2 Å². The minimum absolute atomic E-state index is 0.0208. The lowest BCUT2D eigenvalue weighted by atomic mass is 9.95. The van der Waals surface area contributed by atoms with Crippen LogP contribution in [-0.4, -0.2) is 37.7 Å². The topological polar surface area (TPSA) is 50.5 Å². The molecule has 0 N–H and O–H groups in total. The average molecular weight is 300 g/mol. The van der Waals surface area contributed by atoms with Crippen molar-refractivity contribution >= 4 is 28.9 Å². The SMILES string of the molecule is Cc1cn(CCCN2C(=O)C3C=CC=CC3=NC2=S)cn1. The van der Waals surface area contributed by atoms with Crippen LogP contribution < -0.4 is 0 Å². The highest BCUT2D eigenvalue weighted by molar-refractivity contribution is 7.80. The fourth-order valence-corrected chi connectivity index (χ4v) is 2.78. The quantitative estimate of drug-likeness (QED) is 0.798. The van der Waals surface area contributed by atoms with Crippen molar-refractivity contribution in [2.24, 2.45) is 10.9 Å². The van der Waals surface area contributed by atoms with Crippen LogP contribution in [-0.2, 0) is 11.3 Å². The molecule has 0 spiro atoms. The van der Waals surface area contributed by atoms with E-state index < -0.39 is 0 Å². The molecule has 0 saturated carbocycles. The Morgan fingerprint density at radius 1 is 1.33 bits per heavy atom. The summed E-state index contributed by atoms with van der Waals surface area (Å²) in [5, 5.41) is 0.369. The molecule has 3 rings (SSSR count). The van der Waals surface area contributed by atoms with E-state index in [9.17, 15) is 4.79 Å². The van der Waals surface area contributed by atoms with Crippen molar-refractivity contribution in [3.05, 3.63) is 42.5 Å². The highest BCUT2D eigenvalue weighted by Gasteiger charge is 2.33. The Labute approximate surface area is 128 Å². The van der Waals surface area contributed by atoms with Gasteiger partial charge in [-0.15, -0.1) is 0 Å². The number of amides is 1. The molecule has 0 saturated heterocycles. The minimum atomic E-state index is -0.280. The van der Waals surface area contributed by atoms with Crippen LogP contribution in [0.2, 0.25) is 0 Å². The number of fused-ring (bicyclic) bond motifs is 1. The number of thiocarbonyl (C=S) groups is 1. The number of allylic oxidation sites excluding steroid dienone is 3. The minimum Gasteiger partial charge on any atom is -0.337 e. The number of hydrogen-bond donors (Lipinski definition) is 0. The molecule has 1 atom stereocenters. The van der Waals surface area contributed by atoms with Crippen LogP contribution in [0.5, 0.6) is 0 Å². The van der Waals surface area contributed by atoms with Crippen LogP contribution in [0.1, 0.15) is 12.1 Å². The Hall–Kier alpha value is -2.08. The molecular weight excluding hydrogens is 284 g/mol. The smallest absolute Gasteiger partial charge is 0.241 e. The third-order valence-electron chi connectivity index (χ3n) is 3.55. The van der Waals surface area contributed by atoms with Crippen molar-refractivity contribution in [2.45, 2.75) is 19.9 Å². The Morgan fingerprint density at radius 2 is 2.19 bits per heavy atom. The molecule has 108 valence electrons. The van der Waals surface area contributed by atoms with Crippen LogP contribution in [0, 0.1) is 12.8 Å². The number of aliphatic imine (C=N–C) groups is 1. The van der Waals surface area contributed by atoms with E-state index in [0.717, 1.165) is 24.4 Å². The monoisotopic (exact) mass is 300 g/mol. The zero-order valence-electron chi connectivity index (χ0n) is 11.8. The molecule has 1 unspecified atom stereocenters. The molecule has 0 fully saturated rings. The molecule has 2 heterocycles. The lowest BCUT2D eigenvalue weighted by molar-refractivity contribution is -0.128. The zero-order chi connectivity index (χ0) is 14.8. The first-order valence-corrected chi connectivity index (χ1v) is 7.33. The van der Waals surface area contributed by atoms with E-state index in [4.69, 9.17) is 12.2 Å². The lowest BCUT2D eigenvalue weighted by Gasteiger charge is -2.30. The van der Waals surface area contributed by atoms with Gasteiger partial charge in [0, 0.05) is 19.3 Å². The van der Waals surface area contributed by atoms with Crippen LogP contribution in [0.15, 0.2) is 41.8 Å². The third kappa shape index (κ3) is 2.85. The summed E-state index contributed by atoms with van der Waals surface area (Å²) >= 11 is 5.25. The Morgan fingerprint density at radius 3 is 2.95 bits per heavy atom. The van der Waals surface area contributed by atoms with Gasteiger partial charge in [0.2, 0.25) is 11.0 Å². The number of nitrogens with zero attached hydrogens (tertiary/aromatic N) is 4. The summed E-state index contributed by atoms with van der Waals surface area (Å²) in [4.78, 5) is 22.6. The second-order valence-corrected chi connectivity index (χ2v) is 5.50. The standard InChI is InChI=1S/C15H16N4OS/c1-11-9-18(10-16-11)7-4-8-19-14(20)12-5-2-3-6-13(12)17-15(19)21/h2-3,5-6,9-10,12H,4,7-8H2,1H3. The van der Waals surface area contributed by atoms with E-state index in [0.29, 0.717) is 11.7 Å². The summed E-state index contributed by atoms with van der Waals surface area (Å²) in [5.74, 6) is -0.260. The molecule has 1 aromatic heterocycles. The molecule has 2 aliphatic rings. The molecule has 1 amide bonds. The van der Waals surface area contributed by atoms with Crippen LogP contribution in [0.25, 0.3) is 0 Å². The van der Waals surface area contributed by atoms with E-state index in [1.165, 1.54) is 0 Å². The molecule has 0 aromatic carbocycles. The van der Waals surface area contributed by atoms with E-state index in [1.54, 1.807) is 11.2 Å². The number of rotatable bonds is 4. The van der Waals surface area contributed by atoms with Gasteiger partial charge in [-0.05, 0) is 31.6 Å². The van der Waals surface area contributed by atoms with E-state index >= 15 is 0 Å². The predicted molar refractivity (Wildman–Crippen MR) is 85.1 cm³/mol. The average Bonchev–Trinajstić information content (AvgIpc) is 2.88. The normalized spacial score (nSPS) is 20.7. The van der Waals surface area contributed by atoms with Gasteiger partial charge >= 0.3 is 0 Å². The van der Waals surface area contributed by atoms with Crippen LogP contribution >= 0.6 is 12.2 Å². The van der Waals surface area contributed by atoms with Gasteiger partial charge in [-0.2, -0.15) is 0 Å². The van der Waals surface area contributed by atoms with Crippen molar-refractivity contribution in [1.29, 1.82) is 0 Å². The van der Waals surface area contributed by atoms with E-state index in [1.807, 2.05) is 42.0 Å². The number of carbonyl (C=O) groups is 1. The summed E-state index contributed by atoms with van der Waals surface area (Å²) in [6.45, 7) is 3.35. The second kappa shape index (κ2) is 5.73. The highest BCUT2D eigenvalue weighted by Crippen LogP contribution is 2.20. The van der Waals surface area contributed by atoms with Gasteiger partial charge in [0.25, 0.3) is 0 Å². The fourth-order valence-electron chi connectivity index (χ4n) is 2.49. The first kappa shape index (κ1) is 13.9. The largest absolute Gasteiger partial charge is 0.337 e. The maximum atomic E-state index is 12.5. The third-order valence-corrected chi connectivity index (χ3v) is 3.86. The van der Waals surface area contributed by atoms with Gasteiger partial charge in [0.15, 0.2) is 0 Å². The molecule has 1 aliphatic heterocycles. The van der Waals surface area contributed by atoms with Gasteiger partial charge < -0.3 is 4.57 Å². The van der Waals surface area contributed by atoms with E-state index in [2.05, 4.69) is 9.98 Å². The predicted octanol–water partition coefficient (Wildman–Crippen LogP) is 1.89. The second-order valence-electron chi connectivity index (χ2n) is 5.14. The number of carbonyl (C=O) groups excluding carboxylic acids is 1. The summed E-state index contributed by atoms with van der Waals surface area (Å²) in [6.07, 6.45) is 12.1. The van der Waals surface area contributed by atoms with Crippen molar-refractivity contribution in [1.82, 2.24) is 14.5 Å². The molecule has 1 aliphatic carbocycles. The summed E-state index contributed by atoms with van der Waals surface area (Å²) < 4.78 is 2.02. The van der Waals surface area contributed by atoms with Gasteiger partial charge in [-0.25, -0.2) is 9.98 Å². The number of aryl methyl sites for hydroxylation is 2. The summed E-state index contributed by atoms with van der Waals surface area (Å²) in [7, 11) is 0. The Bertz CT molecular complexity index is 671. The Kier molecular flexibility index (Phi) is 3.79. The Balaban J connectivity index is 1.64. The van der Waals surface area contributed by atoms with Crippen molar-refractivity contribution in [3.8, 4) is 0 Å². The molecule has 0 bridgehead atoms. The molecule has 5 nitrogen and oxygen atoms in total. The van der Waals surface area contributed by atoms with Crippen LogP contribution in [0.4, 0.5) is 0 Å². The van der Waals surface area contributed by atoms with Crippen molar-refractivity contribution < 1.29 is 4.79 Å². The first-order valence-electron chi connectivity index (χ1n) is 6.92. The maximum absolute atomic E-state index is 12.5. The number of imidazole rings is 1. The molecule has 21 heavy (non-hydrogen) atoms. The maximum Gasteiger partial charge on any atom is 0.241 e. The zero-order valence-corrected chi connectivity index (χ0v) is 12.6. The molecule has 6 heteroatoms. The number of hydrogen-bond acceptors (Lipinski definition) is 3.